The Morgan fingerprint density at radius 3 is 2.88 bits per heavy atom. The maximum Gasteiger partial charge on any atom is 0.273 e. The molecule has 0 saturated carbocycles. The van der Waals surface area contributed by atoms with Crippen LogP contribution in [0.1, 0.15) is 61.0 Å². The zero-order valence-corrected chi connectivity index (χ0v) is 14.9. The summed E-state index contributed by atoms with van der Waals surface area (Å²) in [6, 6.07) is 7.61. The van der Waals surface area contributed by atoms with Gasteiger partial charge in [0.25, 0.3) is 5.91 Å². The zero-order chi connectivity index (χ0) is 17.8. The topological polar surface area (TPSA) is 85.0 Å². The molecule has 1 amide bonds. The lowest BCUT2D eigenvalue weighted by Crippen LogP contribution is -2.39. The molecule has 0 unspecified atom stereocenters. The van der Waals surface area contributed by atoms with Crippen molar-refractivity contribution in [3.63, 3.8) is 0 Å². The lowest BCUT2D eigenvalue weighted by molar-refractivity contribution is 0.0599. The molecule has 1 atom stereocenters. The summed E-state index contributed by atoms with van der Waals surface area (Å²) in [7, 11) is 0. The van der Waals surface area contributed by atoms with Gasteiger partial charge in [0.2, 0.25) is 5.95 Å². The highest BCUT2D eigenvalue weighted by Gasteiger charge is 2.30. The molecule has 0 bridgehead atoms. The number of hydrogen-bond acceptors (Lipinski definition) is 5. The number of likely N-dealkylation sites (tertiary alicyclic amines) is 1. The van der Waals surface area contributed by atoms with E-state index in [0.717, 1.165) is 37.1 Å². The molecule has 1 saturated heterocycles. The van der Waals surface area contributed by atoms with Crippen LogP contribution in [-0.4, -0.2) is 32.3 Å². The van der Waals surface area contributed by atoms with Crippen LogP contribution >= 0.6 is 0 Å². The largest absolute Gasteiger partial charge is 0.368 e. The number of rotatable bonds is 4. The van der Waals surface area contributed by atoms with Crippen molar-refractivity contribution in [1.82, 2.24) is 19.9 Å². The quantitative estimate of drug-likeness (QED) is 0.925. The number of nitrogens with zero attached hydrogens (tertiary/aromatic N) is 4. The Kier molecular flexibility index (Phi) is 5.26. The van der Waals surface area contributed by atoms with Crippen molar-refractivity contribution >= 4 is 11.9 Å². The SMILES string of the molecule is CC(C)Cc1cc(C(=O)N2CCCC[C@H]2c2ccccn2)nc(N)n1. The van der Waals surface area contributed by atoms with Crippen LogP contribution in [0.3, 0.4) is 0 Å². The fourth-order valence-electron chi connectivity index (χ4n) is 3.35. The van der Waals surface area contributed by atoms with Gasteiger partial charge in [0.05, 0.1) is 11.7 Å². The highest BCUT2D eigenvalue weighted by atomic mass is 16.2. The third-order valence-electron chi connectivity index (χ3n) is 4.43. The van der Waals surface area contributed by atoms with Crippen molar-refractivity contribution in [2.75, 3.05) is 12.3 Å². The fraction of sp³-hybridized carbons (Fsp3) is 0.474. The molecule has 2 N–H and O–H groups in total. The predicted molar refractivity (Wildman–Crippen MR) is 96.9 cm³/mol. The maximum absolute atomic E-state index is 13.1. The summed E-state index contributed by atoms with van der Waals surface area (Å²) in [6.07, 6.45) is 5.55. The Bertz CT molecular complexity index is 732. The van der Waals surface area contributed by atoms with Crippen molar-refractivity contribution in [3.8, 4) is 0 Å². The standard InChI is InChI=1S/C19H25N5O/c1-13(2)11-14-12-16(23-19(20)22-14)18(25)24-10-6-4-8-17(24)15-7-3-5-9-21-15/h3,5,7,9,12-13,17H,4,6,8,10-11H2,1-2H3,(H2,20,22,23)/t17-/m0/s1. The third-order valence-corrected chi connectivity index (χ3v) is 4.43. The molecular weight excluding hydrogens is 314 g/mol. The van der Waals surface area contributed by atoms with Crippen LogP contribution < -0.4 is 5.73 Å². The van der Waals surface area contributed by atoms with E-state index in [-0.39, 0.29) is 17.9 Å². The number of carbonyl (C=O) groups excluding carboxylic acids is 1. The van der Waals surface area contributed by atoms with Crippen LogP contribution in [0.4, 0.5) is 5.95 Å². The van der Waals surface area contributed by atoms with E-state index in [0.29, 0.717) is 18.2 Å². The van der Waals surface area contributed by atoms with Crippen LogP contribution in [0.25, 0.3) is 0 Å². The number of pyridine rings is 1. The molecule has 1 fully saturated rings. The van der Waals surface area contributed by atoms with E-state index in [1.54, 1.807) is 12.3 Å². The molecule has 1 aliphatic heterocycles. The van der Waals surface area contributed by atoms with Gasteiger partial charge in [-0.1, -0.05) is 19.9 Å². The van der Waals surface area contributed by atoms with Gasteiger partial charge in [-0.2, -0.15) is 0 Å². The molecule has 0 aromatic carbocycles. The minimum Gasteiger partial charge on any atom is -0.368 e. The number of hydrogen-bond donors (Lipinski definition) is 1. The lowest BCUT2D eigenvalue weighted by Gasteiger charge is -2.35. The molecule has 3 heterocycles. The predicted octanol–water partition coefficient (Wildman–Crippen LogP) is 3.02. The normalized spacial score (nSPS) is 17.7. The summed E-state index contributed by atoms with van der Waals surface area (Å²) in [5, 5.41) is 0. The summed E-state index contributed by atoms with van der Waals surface area (Å²) < 4.78 is 0. The monoisotopic (exact) mass is 339 g/mol. The first kappa shape index (κ1) is 17.3. The Morgan fingerprint density at radius 2 is 2.16 bits per heavy atom. The third kappa shape index (κ3) is 4.13. The Labute approximate surface area is 148 Å². The highest BCUT2D eigenvalue weighted by molar-refractivity contribution is 5.93. The lowest BCUT2D eigenvalue weighted by atomic mass is 9.98. The number of nitrogens with two attached hydrogens (primary N) is 1. The molecule has 2 aromatic heterocycles. The van der Waals surface area contributed by atoms with Gasteiger partial charge in [0, 0.05) is 18.4 Å². The van der Waals surface area contributed by atoms with Crippen molar-refractivity contribution in [2.45, 2.75) is 45.6 Å². The Hall–Kier alpha value is -2.50. The molecule has 3 rings (SSSR count). The first-order chi connectivity index (χ1) is 12.0. The van der Waals surface area contributed by atoms with Gasteiger partial charge in [0.1, 0.15) is 5.69 Å². The van der Waals surface area contributed by atoms with E-state index in [2.05, 4.69) is 28.8 Å². The summed E-state index contributed by atoms with van der Waals surface area (Å²) >= 11 is 0. The van der Waals surface area contributed by atoms with Gasteiger partial charge >= 0.3 is 0 Å². The first-order valence-corrected chi connectivity index (χ1v) is 8.90. The van der Waals surface area contributed by atoms with Gasteiger partial charge in [-0.25, -0.2) is 9.97 Å². The molecular formula is C19H25N5O. The second-order valence-corrected chi connectivity index (χ2v) is 6.97. The molecule has 0 radical (unpaired) electrons. The smallest absolute Gasteiger partial charge is 0.273 e. The van der Waals surface area contributed by atoms with Crippen LogP contribution in [0.2, 0.25) is 0 Å². The van der Waals surface area contributed by atoms with Crippen molar-refractivity contribution in [1.29, 1.82) is 0 Å². The van der Waals surface area contributed by atoms with Gasteiger partial charge < -0.3 is 10.6 Å². The Morgan fingerprint density at radius 1 is 1.32 bits per heavy atom. The van der Waals surface area contributed by atoms with Crippen LogP contribution in [0.5, 0.6) is 0 Å². The molecule has 132 valence electrons. The maximum atomic E-state index is 13.1. The van der Waals surface area contributed by atoms with Crippen LogP contribution in [0.15, 0.2) is 30.5 Å². The van der Waals surface area contributed by atoms with Gasteiger partial charge in [-0.15, -0.1) is 0 Å². The Balaban J connectivity index is 1.89. The molecule has 0 aliphatic carbocycles. The number of piperidine rings is 1. The van der Waals surface area contributed by atoms with Gasteiger partial charge in [-0.3, -0.25) is 9.78 Å². The van der Waals surface area contributed by atoms with E-state index >= 15 is 0 Å². The van der Waals surface area contributed by atoms with Crippen LogP contribution in [0, 0.1) is 5.92 Å². The second kappa shape index (κ2) is 7.59. The highest BCUT2D eigenvalue weighted by Crippen LogP contribution is 2.30. The number of nitrogen functional groups attached to an aromatic ring is 1. The molecule has 2 aromatic rings. The summed E-state index contributed by atoms with van der Waals surface area (Å²) in [5.41, 5.74) is 7.97. The number of amides is 1. The number of carbonyl (C=O) groups is 1. The van der Waals surface area contributed by atoms with Crippen molar-refractivity contribution < 1.29 is 4.79 Å². The number of anilines is 1. The van der Waals surface area contributed by atoms with E-state index in [1.807, 2.05) is 23.1 Å². The molecule has 0 spiro atoms. The molecule has 6 nitrogen and oxygen atoms in total. The van der Waals surface area contributed by atoms with Crippen LogP contribution in [-0.2, 0) is 6.42 Å². The van der Waals surface area contributed by atoms with E-state index in [1.165, 1.54) is 0 Å². The summed E-state index contributed by atoms with van der Waals surface area (Å²) in [5.74, 6) is 0.510. The van der Waals surface area contributed by atoms with Crippen molar-refractivity contribution in [3.05, 3.63) is 47.5 Å². The van der Waals surface area contributed by atoms with E-state index in [9.17, 15) is 4.79 Å². The van der Waals surface area contributed by atoms with E-state index in [4.69, 9.17) is 5.73 Å². The first-order valence-electron chi connectivity index (χ1n) is 8.90. The van der Waals surface area contributed by atoms with Crippen molar-refractivity contribution in [2.24, 2.45) is 5.92 Å². The van der Waals surface area contributed by atoms with Gasteiger partial charge in [0.15, 0.2) is 0 Å². The number of aromatic nitrogens is 3. The zero-order valence-electron chi connectivity index (χ0n) is 14.9. The second-order valence-electron chi connectivity index (χ2n) is 6.97. The summed E-state index contributed by atoms with van der Waals surface area (Å²) in [6.45, 7) is 4.94. The van der Waals surface area contributed by atoms with Gasteiger partial charge in [-0.05, 0) is 49.8 Å². The minimum atomic E-state index is -0.0885. The average Bonchev–Trinajstić information content (AvgIpc) is 2.61. The fourth-order valence-corrected chi connectivity index (χ4v) is 3.35. The minimum absolute atomic E-state index is 0.00723. The summed E-state index contributed by atoms with van der Waals surface area (Å²) in [4.78, 5) is 27.9. The average molecular weight is 339 g/mol. The molecule has 6 heteroatoms. The molecule has 1 aliphatic rings. The molecule has 25 heavy (non-hydrogen) atoms. The van der Waals surface area contributed by atoms with E-state index < -0.39 is 0 Å².